The third-order valence-electron chi connectivity index (χ3n) is 10.7. The molecule has 0 saturated heterocycles. The fourth-order valence-corrected chi connectivity index (χ4v) is 8.06. The van der Waals surface area contributed by atoms with Gasteiger partial charge in [-0.25, -0.2) is 0 Å². The van der Waals surface area contributed by atoms with Crippen LogP contribution in [0.1, 0.15) is 86.5 Å². The van der Waals surface area contributed by atoms with E-state index in [0.717, 1.165) is 37.0 Å². The van der Waals surface area contributed by atoms with Crippen LogP contribution in [0.4, 0.5) is 0 Å². The van der Waals surface area contributed by atoms with Crippen LogP contribution < -0.4 is 0 Å². The van der Waals surface area contributed by atoms with Gasteiger partial charge in [0.2, 0.25) is 0 Å². The number of aliphatic hydroxyl groups excluding tert-OH is 1. The van der Waals surface area contributed by atoms with Crippen molar-refractivity contribution < 1.29 is 10.2 Å². The molecule has 0 aromatic carbocycles. The molecular formula is C25H42O2. The summed E-state index contributed by atoms with van der Waals surface area (Å²) in [5.74, 6) is 3.45. The minimum atomic E-state index is -0.436. The second-order valence-electron chi connectivity index (χ2n) is 12.3. The molecule has 154 valence electrons. The van der Waals surface area contributed by atoms with E-state index >= 15 is 0 Å². The van der Waals surface area contributed by atoms with E-state index in [1.54, 1.807) is 0 Å². The summed E-state index contributed by atoms with van der Waals surface area (Å²) < 4.78 is 0. The van der Waals surface area contributed by atoms with Gasteiger partial charge in [0.1, 0.15) is 0 Å². The molecule has 0 amide bonds. The standard InChI is InChI=1S/C15H24O.C10H18O/c1-9-5-6-11-13(14(11,2)3)12-10(9)7-8-15(12,4)16;1-9(2)7-4-5-10(9,3)8(11)6-7/h10-13,16H,1,5-8H2,2-4H3;7-8,11H,4-6H2,1-3H3/t10-,11+,12+,13+,15-;7-,8-,10+/m01/s1. The van der Waals surface area contributed by atoms with Gasteiger partial charge in [0.25, 0.3) is 0 Å². The molecule has 2 nitrogen and oxygen atoms in total. The zero-order chi connectivity index (χ0) is 20.0. The van der Waals surface area contributed by atoms with Crippen molar-refractivity contribution in [3.8, 4) is 0 Å². The van der Waals surface area contributed by atoms with E-state index in [1.165, 1.54) is 31.3 Å². The SMILES string of the molecule is C=C1CC[C@@H]2[C@H]([C@H]3[C@H]1CC[C@]3(C)O)C2(C)C.CC1(C)[C@@H]2CC[C@@]1(C)[C@H](O)C2. The summed E-state index contributed by atoms with van der Waals surface area (Å²) in [4.78, 5) is 0. The molecule has 0 aromatic heterocycles. The van der Waals surface area contributed by atoms with Crippen molar-refractivity contribution in [3.63, 3.8) is 0 Å². The van der Waals surface area contributed by atoms with E-state index in [2.05, 4.69) is 48.1 Å². The molecule has 27 heavy (non-hydrogen) atoms. The van der Waals surface area contributed by atoms with Crippen LogP contribution in [-0.4, -0.2) is 21.9 Å². The minimum absolute atomic E-state index is 0.0313. The summed E-state index contributed by atoms with van der Waals surface area (Å²) in [6.07, 6.45) is 8.21. The molecule has 5 aliphatic rings. The molecule has 5 rings (SSSR count). The second kappa shape index (κ2) is 5.85. The molecule has 5 saturated carbocycles. The first-order valence-electron chi connectivity index (χ1n) is 11.4. The van der Waals surface area contributed by atoms with Gasteiger partial charge in [-0.2, -0.15) is 0 Å². The van der Waals surface area contributed by atoms with E-state index in [1.807, 2.05) is 0 Å². The van der Waals surface area contributed by atoms with Gasteiger partial charge in [-0.1, -0.05) is 46.8 Å². The first-order chi connectivity index (χ1) is 12.3. The van der Waals surface area contributed by atoms with Crippen LogP contribution in [-0.2, 0) is 0 Å². The van der Waals surface area contributed by atoms with Crippen LogP contribution >= 0.6 is 0 Å². The smallest absolute Gasteiger partial charge is 0.0656 e. The molecule has 0 unspecified atom stereocenters. The van der Waals surface area contributed by atoms with Gasteiger partial charge in [-0.15, -0.1) is 0 Å². The largest absolute Gasteiger partial charge is 0.393 e. The molecule has 0 aromatic rings. The zero-order valence-corrected chi connectivity index (χ0v) is 18.5. The Labute approximate surface area is 166 Å². The topological polar surface area (TPSA) is 40.5 Å². The Bertz CT molecular complexity index is 630. The summed E-state index contributed by atoms with van der Waals surface area (Å²) in [5, 5.41) is 20.4. The third-order valence-corrected chi connectivity index (χ3v) is 10.7. The summed E-state index contributed by atoms with van der Waals surface area (Å²) in [6, 6.07) is 0. The number of fused-ring (bicyclic) bond motifs is 5. The van der Waals surface area contributed by atoms with E-state index in [0.29, 0.717) is 22.7 Å². The van der Waals surface area contributed by atoms with Crippen LogP contribution in [0, 0.1) is 45.8 Å². The minimum Gasteiger partial charge on any atom is -0.393 e. The Kier molecular flexibility index (Phi) is 4.32. The Morgan fingerprint density at radius 2 is 1.59 bits per heavy atom. The number of rotatable bonds is 0. The van der Waals surface area contributed by atoms with Gasteiger partial charge in [0.05, 0.1) is 11.7 Å². The van der Waals surface area contributed by atoms with Crippen molar-refractivity contribution >= 4 is 0 Å². The first-order valence-corrected chi connectivity index (χ1v) is 11.4. The summed E-state index contributed by atoms with van der Waals surface area (Å²) in [5.41, 5.74) is 2.06. The van der Waals surface area contributed by atoms with Crippen molar-refractivity contribution in [2.75, 3.05) is 0 Å². The molecule has 5 aliphatic carbocycles. The second-order valence-corrected chi connectivity index (χ2v) is 12.3. The van der Waals surface area contributed by atoms with E-state index in [4.69, 9.17) is 0 Å². The Morgan fingerprint density at radius 3 is 2.07 bits per heavy atom. The predicted molar refractivity (Wildman–Crippen MR) is 111 cm³/mol. The lowest BCUT2D eigenvalue weighted by Gasteiger charge is -2.36. The predicted octanol–water partition coefficient (Wildman–Crippen LogP) is 5.58. The van der Waals surface area contributed by atoms with Crippen molar-refractivity contribution in [1.82, 2.24) is 0 Å². The molecule has 2 bridgehead atoms. The van der Waals surface area contributed by atoms with Crippen LogP contribution in [0.3, 0.4) is 0 Å². The summed E-state index contributed by atoms with van der Waals surface area (Å²) in [6.45, 7) is 18.0. The maximum Gasteiger partial charge on any atom is 0.0656 e. The molecule has 5 fully saturated rings. The molecule has 0 radical (unpaired) electrons. The highest BCUT2D eigenvalue weighted by molar-refractivity contribution is 5.22. The lowest BCUT2D eigenvalue weighted by molar-refractivity contribution is -0.00138. The quantitative estimate of drug-likeness (QED) is 0.543. The highest BCUT2D eigenvalue weighted by atomic mass is 16.3. The van der Waals surface area contributed by atoms with Gasteiger partial charge in [-0.05, 0) is 97.7 Å². The number of hydrogen-bond acceptors (Lipinski definition) is 2. The third kappa shape index (κ3) is 2.65. The van der Waals surface area contributed by atoms with E-state index in [-0.39, 0.29) is 11.5 Å². The highest BCUT2D eigenvalue weighted by Gasteiger charge is 2.67. The van der Waals surface area contributed by atoms with E-state index in [9.17, 15) is 10.2 Å². The average Bonchev–Trinajstić information content (AvgIpc) is 2.81. The van der Waals surface area contributed by atoms with Gasteiger partial charge in [0.15, 0.2) is 0 Å². The van der Waals surface area contributed by atoms with Gasteiger partial charge < -0.3 is 10.2 Å². The highest BCUT2D eigenvalue weighted by Crippen LogP contribution is 2.71. The maximum absolute atomic E-state index is 10.6. The fraction of sp³-hybridized carbons (Fsp3) is 0.920. The van der Waals surface area contributed by atoms with Crippen LogP contribution in [0.25, 0.3) is 0 Å². The number of aliphatic hydroxyl groups is 2. The first kappa shape index (κ1) is 20.0. The summed E-state index contributed by atoms with van der Waals surface area (Å²) >= 11 is 0. The summed E-state index contributed by atoms with van der Waals surface area (Å²) in [7, 11) is 0. The average molecular weight is 375 g/mol. The van der Waals surface area contributed by atoms with Gasteiger partial charge in [-0.3, -0.25) is 0 Å². The molecular weight excluding hydrogens is 332 g/mol. The van der Waals surface area contributed by atoms with Crippen LogP contribution in [0.5, 0.6) is 0 Å². The molecule has 2 heteroatoms. The lowest BCUT2D eigenvalue weighted by Crippen LogP contribution is -2.35. The lowest BCUT2D eigenvalue weighted by atomic mass is 9.70. The molecule has 8 atom stereocenters. The Morgan fingerprint density at radius 1 is 0.926 bits per heavy atom. The van der Waals surface area contributed by atoms with Gasteiger partial charge in [0, 0.05) is 0 Å². The normalized spacial score (nSPS) is 53.9. The van der Waals surface area contributed by atoms with E-state index < -0.39 is 5.60 Å². The number of allylic oxidation sites excluding steroid dienone is 1. The van der Waals surface area contributed by atoms with Crippen LogP contribution in [0.15, 0.2) is 12.2 Å². The molecule has 2 N–H and O–H groups in total. The van der Waals surface area contributed by atoms with Crippen molar-refractivity contribution in [3.05, 3.63) is 12.2 Å². The fourth-order valence-electron chi connectivity index (χ4n) is 8.06. The monoisotopic (exact) mass is 374 g/mol. The van der Waals surface area contributed by atoms with Crippen molar-refractivity contribution in [1.29, 1.82) is 0 Å². The molecule has 0 aliphatic heterocycles. The Balaban J connectivity index is 0.000000143. The Hall–Kier alpha value is -0.340. The zero-order valence-electron chi connectivity index (χ0n) is 18.5. The maximum atomic E-state index is 10.6. The number of hydrogen-bond donors (Lipinski definition) is 2. The molecule has 0 heterocycles. The van der Waals surface area contributed by atoms with Gasteiger partial charge >= 0.3 is 0 Å². The van der Waals surface area contributed by atoms with Crippen molar-refractivity contribution in [2.45, 2.75) is 98.2 Å². The van der Waals surface area contributed by atoms with Crippen molar-refractivity contribution in [2.24, 2.45) is 45.8 Å². The molecule has 0 spiro atoms. The van der Waals surface area contributed by atoms with Crippen LogP contribution in [0.2, 0.25) is 0 Å².